The number of hydrogen-bond acceptors (Lipinski definition) is 7. The van der Waals surface area contributed by atoms with Gasteiger partial charge in [-0.25, -0.2) is 4.79 Å². The number of rotatable bonds is 4. The van der Waals surface area contributed by atoms with E-state index >= 15 is 0 Å². The van der Waals surface area contributed by atoms with Crippen molar-refractivity contribution < 1.29 is 33.6 Å². The maximum Gasteiger partial charge on any atom is 0.338 e. The van der Waals surface area contributed by atoms with E-state index in [1.165, 1.54) is 6.92 Å². The first-order valence-electron chi connectivity index (χ1n) is 9.71. The highest BCUT2D eigenvalue weighted by atomic mass is 16.7. The van der Waals surface area contributed by atoms with E-state index in [0.29, 0.717) is 5.56 Å². The van der Waals surface area contributed by atoms with Crippen LogP contribution in [0.15, 0.2) is 60.7 Å². The van der Waals surface area contributed by atoms with Crippen molar-refractivity contribution in [1.29, 1.82) is 0 Å². The Kier molecular flexibility index (Phi) is 6.10. The van der Waals surface area contributed by atoms with Crippen molar-refractivity contribution in [3.8, 4) is 0 Å². The number of nitrogens with one attached hydrogen (secondary N) is 1. The molecule has 0 bridgehead atoms. The molecule has 8 heteroatoms. The summed E-state index contributed by atoms with van der Waals surface area (Å²) in [5.41, 5.74) is 1.15. The van der Waals surface area contributed by atoms with Gasteiger partial charge in [0, 0.05) is 12.5 Å². The zero-order valence-corrected chi connectivity index (χ0v) is 16.3. The second-order valence-electron chi connectivity index (χ2n) is 7.20. The number of esters is 1. The molecule has 8 nitrogen and oxygen atoms in total. The highest BCUT2D eigenvalue weighted by Gasteiger charge is 2.52. The van der Waals surface area contributed by atoms with Crippen LogP contribution in [0.1, 0.15) is 29.1 Å². The first kappa shape index (κ1) is 20.5. The van der Waals surface area contributed by atoms with Crippen LogP contribution in [0.4, 0.5) is 0 Å². The second kappa shape index (κ2) is 8.93. The highest BCUT2D eigenvalue weighted by Crippen LogP contribution is 2.35. The fourth-order valence-electron chi connectivity index (χ4n) is 3.66. The van der Waals surface area contributed by atoms with Crippen LogP contribution in [-0.2, 0) is 23.7 Å². The van der Waals surface area contributed by atoms with Crippen molar-refractivity contribution in [1.82, 2.24) is 5.32 Å². The predicted molar refractivity (Wildman–Crippen MR) is 104 cm³/mol. The Balaban J connectivity index is 1.61. The van der Waals surface area contributed by atoms with Crippen LogP contribution < -0.4 is 5.32 Å². The molecule has 0 radical (unpaired) electrons. The van der Waals surface area contributed by atoms with Crippen molar-refractivity contribution in [2.45, 2.75) is 43.9 Å². The summed E-state index contributed by atoms with van der Waals surface area (Å²) in [5.74, 6) is -0.983. The Morgan fingerprint density at radius 3 is 2.37 bits per heavy atom. The molecule has 0 aliphatic carbocycles. The first-order chi connectivity index (χ1) is 14.5. The van der Waals surface area contributed by atoms with Gasteiger partial charge < -0.3 is 29.4 Å². The van der Waals surface area contributed by atoms with Crippen molar-refractivity contribution in [3.63, 3.8) is 0 Å². The average molecular weight is 413 g/mol. The van der Waals surface area contributed by atoms with E-state index in [1.54, 1.807) is 30.3 Å². The van der Waals surface area contributed by atoms with Gasteiger partial charge in [-0.3, -0.25) is 4.79 Å². The molecule has 2 aliphatic heterocycles. The molecular weight excluding hydrogens is 390 g/mol. The Bertz CT molecular complexity index is 876. The number of fused-ring (bicyclic) bond motifs is 1. The lowest BCUT2D eigenvalue weighted by Crippen LogP contribution is -2.67. The lowest BCUT2D eigenvalue weighted by atomic mass is 9.95. The Morgan fingerprint density at radius 1 is 1.03 bits per heavy atom. The lowest BCUT2D eigenvalue weighted by Gasteiger charge is -2.47. The van der Waals surface area contributed by atoms with E-state index in [9.17, 15) is 14.7 Å². The van der Waals surface area contributed by atoms with Gasteiger partial charge in [-0.1, -0.05) is 48.5 Å². The summed E-state index contributed by atoms with van der Waals surface area (Å²) in [6.07, 6.45) is -4.48. The van der Waals surface area contributed by atoms with E-state index in [0.717, 1.165) is 5.56 Å². The molecule has 0 saturated carbocycles. The SMILES string of the molecule is CC(=O)N[C@@H]1[C@@H](OC(=O)c2ccccc2)[C@H]2O[C@@H](c3ccccc3)OC[C@H]2O[C@H]1O. The van der Waals surface area contributed by atoms with Crippen LogP contribution in [0.3, 0.4) is 0 Å². The molecule has 2 aromatic carbocycles. The van der Waals surface area contributed by atoms with Gasteiger partial charge in [0.05, 0.1) is 12.2 Å². The molecular formula is C22H23NO7. The zero-order valence-electron chi connectivity index (χ0n) is 16.3. The topological polar surface area (TPSA) is 103 Å². The molecule has 2 heterocycles. The summed E-state index contributed by atoms with van der Waals surface area (Å²) in [7, 11) is 0. The van der Waals surface area contributed by atoms with Crippen LogP contribution in [0.25, 0.3) is 0 Å². The van der Waals surface area contributed by atoms with Gasteiger partial charge in [0.15, 0.2) is 18.7 Å². The van der Waals surface area contributed by atoms with Gasteiger partial charge in [-0.15, -0.1) is 0 Å². The molecule has 0 aromatic heterocycles. The Labute approximate surface area is 173 Å². The first-order valence-corrected chi connectivity index (χ1v) is 9.71. The number of aliphatic hydroxyl groups excluding tert-OH is 1. The van der Waals surface area contributed by atoms with Crippen molar-refractivity contribution >= 4 is 11.9 Å². The van der Waals surface area contributed by atoms with E-state index < -0.39 is 48.8 Å². The van der Waals surface area contributed by atoms with Crippen LogP contribution in [0.2, 0.25) is 0 Å². The zero-order chi connectivity index (χ0) is 21.1. The number of hydrogen-bond donors (Lipinski definition) is 2. The second-order valence-corrected chi connectivity index (χ2v) is 7.20. The molecule has 158 valence electrons. The predicted octanol–water partition coefficient (Wildman–Crippen LogP) is 1.55. The van der Waals surface area contributed by atoms with Gasteiger partial charge >= 0.3 is 5.97 Å². The third-order valence-electron chi connectivity index (χ3n) is 5.05. The largest absolute Gasteiger partial charge is 0.453 e. The van der Waals surface area contributed by atoms with Gasteiger partial charge in [0.25, 0.3) is 0 Å². The quantitative estimate of drug-likeness (QED) is 0.733. The van der Waals surface area contributed by atoms with Crippen molar-refractivity contribution in [3.05, 3.63) is 71.8 Å². The molecule has 2 aromatic rings. The Morgan fingerprint density at radius 2 is 1.70 bits per heavy atom. The van der Waals surface area contributed by atoms with E-state index in [-0.39, 0.29) is 6.61 Å². The number of aliphatic hydroxyl groups is 1. The number of carbonyl (C=O) groups is 2. The molecule has 1 amide bonds. The maximum absolute atomic E-state index is 12.7. The molecule has 30 heavy (non-hydrogen) atoms. The summed E-state index contributed by atoms with van der Waals surface area (Å²) in [5, 5.41) is 13.1. The van der Waals surface area contributed by atoms with Gasteiger partial charge in [0.2, 0.25) is 5.91 Å². The summed E-state index contributed by atoms with van der Waals surface area (Å²) < 4.78 is 23.2. The third kappa shape index (κ3) is 4.36. The fraction of sp³-hybridized carbons (Fsp3) is 0.364. The summed E-state index contributed by atoms with van der Waals surface area (Å²) in [6.45, 7) is 1.44. The maximum atomic E-state index is 12.7. The van der Waals surface area contributed by atoms with E-state index in [1.807, 2.05) is 30.3 Å². The minimum absolute atomic E-state index is 0.132. The number of amides is 1. The number of benzene rings is 2. The minimum atomic E-state index is -1.39. The van der Waals surface area contributed by atoms with E-state index in [4.69, 9.17) is 18.9 Å². The molecule has 2 fully saturated rings. The molecule has 6 atom stereocenters. The number of ether oxygens (including phenoxy) is 4. The molecule has 2 aliphatic rings. The van der Waals surface area contributed by atoms with Crippen molar-refractivity contribution in [2.75, 3.05) is 6.61 Å². The Hall–Kier alpha value is -2.78. The monoisotopic (exact) mass is 413 g/mol. The molecule has 2 saturated heterocycles. The van der Waals surface area contributed by atoms with Crippen LogP contribution in [-0.4, -0.2) is 54.2 Å². The van der Waals surface area contributed by atoms with Gasteiger partial charge in [-0.2, -0.15) is 0 Å². The smallest absolute Gasteiger partial charge is 0.338 e. The summed E-state index contributed by atoms with van der Waals surface area (Å²) >= 11 is 0. The lowest BCUT2D eigenvalue weighted by molar-refractivity contribution is -0.337. The molecule has 4 rings (SSSR count). The van der Waals surface area contributed by atoms with Gasteiger partial charge in [0.1, 0.15) is 18.2 Å². The normalized spacial score (nSPS) is 30.7. The van der Waals surface area contributed by atoms with E-state index in [2.05, 4.69) is 5.32 Å². The fourth-order valence-corrected chi connectivity index (χ4v) is 3.66. The molecule has 2 N–H and O–H groups in total. The average Bonchev–Trinajstić information content (AvgIpc) is 2.77. The number of carbonyl (C=O) groups excluding carboxylic acids is 2. The van der Waals surface area contributed by atoms with Crippen LogP contribution >= 0.6 is 0 Å². The summed E-state index contributed by atoms with van der Waals surface area (Å²) in [4.78, 5) is 24.5. The van der Waals surface area contributed by atoms with Gasteiger partial charge in [-0.05, 0) is 12.1 Å². The molecule has 0 spiro atoms. The van der Waals surface area contributed by atoms with Crippen LogP contribution in [0, 0.1) is 0 Å². The highest BCUT2D eigenvalue weighted by molar-refractivity contribution is 5.89. The molecule has 0 unspecified atom stereocenters. The third-order valence-corrected chi connectivity index (χ3v) is 5.05. The minimum Gasteiger partial charge on any atom is -0.453 e. The standard InChI is InChI=1S/C22H23NO7/c1-13(24)23-17-19(29-20(25)14-8-4-2-5-9-14)18-16(28-21(17)26)12-27-22(30-18)15-10-6-3-7-11-15/h2-11,16-19,21-22,26H,12H2,1H3,(H,23,24)/t16-,17-,18+,19-,21-,22+/m1/s1. The summed E-state index contributed by atoms with van der Waals surface area (Å²) in [6, 6.07) is 16.8. The van der Waals surface area contributed by atoms with Crippen LogP contribution in [0.5, 0.6) is 0 Å². The van der Waals surface area contributed by atoms with Crippen molar-refractivity contribution in [2.24, 2.45) is 0 Å².